The normalized spacial score (nSPS) is 13.4. The molecule has 198 valence electrons. The van der Waals surface area contributed by atoms with Crippen LogP contribution in [0.1, 0.15) is 24.2 Å². The molecule has 0 aliphatic carbocycles. The number of aromatic nitrogens is 2. The number of pyridine rings is 2. The maximum atomic E-state index is 13.4. The van der Waals surface area contributed by atoms with E-state index < -0.39 is 0 Å². The first kappa shape index (κ1) is 26.7. The summed E-state index contributed by atoms with van der Waals surface area (Å²) >= 11 is 0. The van der Waals surface area contributed by atoms with Gasteiger partial charge in [-0.05, 0) is 43.4 Å². The van der Waals surface area contributed by atoms with Crippen LogP contribution in [0.15, 0.2) is 67.1 Å². The van der Waals surface area contributed by atoms with Crippen molar-refractivity contribution in [1.29, 1.82) is 0 Å². The number of fused-ring (bicyclic) bond motifs is 1. The number of amides is 1. The van der Waals surface area contributed by atoms with Crippen LogP contribution in [0, 0.1) is 0 Å². The number of nitrogens with one attached hydrogen (secondary N) is 2. The van der Waals surface area contributed by atoms with Gasteiger partial charge in [0.15, 0.2) is 0 Å². The summed E-state index contributed by atoms with van der Waals surface area (Å²) in [6, 6.07) is 15.3. The Balaban J connectivity index is 0.00000164. The molecule has 0 unspecified atom stereocenters. The third-order valence-corrected chi connectivity index (χ3v) is 6.44. The average Bonchev–Trinajstić information content (AvgIpc) is 2.95. The van der Waals surface area contributed by atoms with Gasteiger partial charge in [0.2, 0.25) is 5.88 Å². The zero-order valence-corrected chi connectivity index (χ0v) is 22.4. The fourth-order valence-electron chi connectivity index (χ4n) is 4.40. The van der Waals surface area contributed by atoms with Crippen LogP contribution in [0.25, 0.3) is 10.8 Å². The lowest BCUT2D eigenvalue weighted by Gasteiger charge is -2.34. The topological polar surface area (TPSA) is 109 Å². The van der Waals surface area contributed by atoms with Crippen molar-refractivity contribution in [3.8, 4) is 5.88 Å². The molecular weight excluding hydrogens is 478 g/mol. The summed E-state index contributed by atoms with van der Waals surface area (Å²) in [7, 11) is 3.63. The molecule has 1 saturated heterocycles. The minimum Gasteiger partial charge on any atom is -0.480 e. The Bertz CT molecular complexity index is 1380. The number of nitrogens with two attached hydrogens (primary N) is 1. The lowest BCUT2D eigenvalue weighted by Crippen LogP contribution is -2.44. The largest absolute Gasteiger partial charge is 0.480 e. The van der Waals surface area contributed by atoms with Crippen molar-refractivity contribution >= 4 is 45.1 Å². The number of anilines is 5. The standard InChI is InChI=1S/C27H29N7O2.C2H6/c1-33-12-14-34(15-13-33)19-8-6-18(7-9-19)31-26(35)25-23(10-11-30-27(25)36-2)32-24-17-29-16-21-20(24)4-3-5-22(21)28;1-2/h3-11,16-17H,12-15,28H2,1-2H3,(H,30,32)(H,31,35);1-2H3. The van der Waals surface area contributed by atoms with Gasteiger partial charge in [0.25, 0.3) is 5.91 Å². The SMILES string of the molecule is CC.COc1nccc(Nc2cncc3c(N)cccc23)c1C(=O)Nc1ccc(N2CCN(C)CC2)cc1. The Morgan fingerprint density at radius 3 is 2.39 bits per heavy atom. The van der Waals surface area contributed by atoms with Crippen molar-refractivity contribution in [2.45, 2.75) is 13.8 Å². The number of ether oxygens (including phenoxy) is 1. The molecule has 0 radical (unpaired) electrons. The molecule has 9 nitrogen and oxygen atoms in total. The number of piperazine rings is 1. The summed E-state index contributed by atoms with van der Waals surface area (Å²) in [5, 5.41) is 8.04. The van der Waals surface area contributed by atoms with E-state index in [0.29, 0.717) is 22.6 Å². The Morgan fingerprint density at radius 2 is 1.68 bits per heavy atom. The molecule has 4 N–H and O–H groups in total. The van der Waals surface area contributed by atoms with Crippen LogP contribution in [0.4, 0.5) is 28.4 Å². The summed E-state index contributed by atoms with van der Waals surface area (Å²) in [4.78, 5) is 26.7. The third kappa shape index (κ3) is 5.78. The molecule has 5 rings (SSSR count). The Kier molecular flexibility index (Phi) is 8.60. The molecule has 3 heterocycles. The predicted octanol–water partition coefficient (Wildman–Crippen LogP) is 4.99. The number of hydrogen-bond donors (Lipinski definition) is 3. The highest BCUT2D eigenvalue weighted by atomic mass is 16.5. The van der Waals surface area contributed by atoms with Gasteiger partial charge in [0.05, 0.1) is 24.7 Å². The van der Waals surface area contributed by atoms with E-state index >= 15 is 0 Å². The lowest BCUT2D eigenvalue weighted by molar-refractivity contribution is 0.102. The Labute approximate surface area is 223 Å². The number of nitrogens with zero attached hydrogens (tertiary/aromatic N) is 4. The molecule has 0 bridgehead atoms. The molecule has 9 heteroatoms. The number of carbonyl (C=O) groups is 1. The number of benzene rings is 2. The average molecular weight is 514 g/mol. The third-order valence-electron chi connectivity index (χ3n) is 6.44. The fourth-order valence-corrected chi connectivity index (χ4v) is 4.40. The van der Waals surface area contributed by atoms with E-state index in [1.807, 2.05) is 56.3 Å². The molecule has 1 amide bonds. The predicted molar refractivity (Wildman–Crippen MR) is 156 cm³/mol. The summed E-state index contributed by atoms with van der Waals surface area (Å²) in [6.45, 7) is 8.04. The number of hydrogen-bond acceptors (Lipinski definition) is 8. The molecule has 38 heavy (non-hydrogen) atoms. The molecule has 1 aliphatic rings. The molecule has 0 atom stereocenters. The number of rotatable bonds is 6. The van der Waals surface area contributed by atoms with Crippen LogP contribution in [0.5, 0.6) is 5.88 Å². The van der Waals surface area contributed by atoms with E-state index in [-0.39, 0.29) is 11.8 Å². The molecule has 2 aromatic carbocycles. The lowest BCUT2D eigenvalue weighted by atomic mass is 10.1. The number of methoxy groups -OCH3 is 1. The molecular formula is C29H35N7O2. The number of carbonyl (C=O) groups excluding carboxylic acids is 1. The second-order valence-corrected chi connectivity index (χ2v) is 8.79. The number of nitrogen functional groups attached to an aromatic ring is 1. The zero-order valence-electron chi connectivity index (χ0n) is 22.4. The summed E-state index contributed by atoms with van der Waals surface area (Å²) in [5.41, 5.74) is 10.2. The molecule has 1 aliphatic heterocycles. The van der Waals surface area contributed by atoms with Gasteiger partial charge >= 0.3 is 0 Å². The second kappa shape index (κ2) is 12.2. The van der Waals surface area contributed by atoms with E-state index in [4.69, 9.17) is 10.5 Å². The summed E-state index contributed by atoms with van der Waals surface area (Å²) in [6.07, 6.45) is 5.02. The van der Waals surface area contributed by atoms with Crippen molar-refractivity contribution in [2.24, 2.45) is 0 Å². The Hall–Kier alpha value is -4.37. The first-order chi connectivity index (χ1) is 18.5. The zero-order chi connectivity index (χ0) is 27.1. The van der Waals surface area contributed by atoms with Crippen molar-refractivity contribution < 1.29 is 9.53 Å². The van der Waals surface area contributed by atoms with Gasteiger partial charge in [-0.25, -0.2) is 4.98 Å². The Morgan fingerprint density at radius 1 is 0.947 bits per heavy atom. The van der Waals surface area contributed by atoms with Crippen LogP contribution in [0.3, 0.4) is 0 Å². The van der Waals surface area contributed by atoms with Gasteiger partial charge in [-0.3, -0.25) is 9.78 Å². The smallest absolute Gasteiger partial charge is 0.263 e. The van der Waals surface area contributed by atoms with Crippen molar-refractivity contribution in [2.75, 3.05) is 61.6 Å². The van der Waals surface area contributed by atoms with Crippen molar-refractivity contribution in [1.82, 2.24) is 14.9 Å². The fraction of sp³-hybridized carbons (Fsp3) is 0.276. The minimum absolute atomic E-state index is 0.222. The van der Waals surface area contributed by atoms with Gasteiger partial charge in [-0.1, -0.05) is 26.0 Å². The maximum absolute atomic E-state index is 13.4. The maximum Gasteiger partial charge on any atom is 0.263 e. The van der Waals surface area contributed by atoms with Crippen LogP contribution in [0.2, 0.25) is 0 Å². The molecule has 1 fully saturated rings. The second-order valence-electron chi connectivity index (χ2n) is 8.79. The number of likely N-dealkylation sites (N-methyl/N-ethyl adjacent to an activating group) is 1. The first-order valence-electron chi connectivity index (χ1n) is 12.8. The molecule has 4 aromatic rings. The minimum atomic E-state index is -0.331. The van der Waals surface area contributed by atoms with E-state index in [9.17, 15) is 4.79 Å². The highest BCUT2D eigenvalue weighted by Crippen LogP contribution is 2.32. The van der Waals surface area contributed by atoms with Crippen molar-refractivity contribution in [3.05, 3.63) is 72.7 Å². The summed E-state index contributed by atoms with van der Waals surface area (Å²) < 4.78 is 5.44. The monoisotopic (exact) mass is 513 g/mol. The van der Waals surface area contributed by atoms with Gasteiger partial charge in [-0.15, -0.1) is 0 Å². The highest BCUT2D eigenvalue weighted by Gasteiger charge is 2.20. The van der Waals surface area contributed by atoms with E-state index in [1.54, 1.807) is 24.7 Å². The van der Waals surface area contributed by atoms with Gasteiger partial charge in [0.1, 0.15) is 5.56 Å². The van der Waals surface area contributed by atoms with E-state index in [1.165, 1.54) is 7.11 Å². The molecule has 0 saturated carbocycles. The quantitative estimate of drug-likeness (QED) is 0.309. The van der Waals surface area contributed by atoms with Gasteiger partial charge in [0, 0.05) is 66.4 Å². The summed E-state index contributed by atoms with van der Waals surface area (Å²) in [5.74, 6) is -0.109. The van der Waals surface area contributed by atoms with Gasteiger partial charge < -0.3 is 30.9 Å². The van der Waals surface area contributed by atoms with E-state index in [0.717, 1.165) is 48.3 Å². The van der Waals surface area contributed by atoms with Gasteiger partial charge in [-0.2, -0.15) is 0 Å². The van der Waals surface area contributed by atoms with Crippen LogP contribution < -0.4 is 26.0 Å². The highest BCUT2D eigenvalue weighted by molar-refractivity contribution is 6.11. The van der Waals surface area contributed by atoms with Crippen LogP contribution >= 0.6 is 0 Å². The van der Waals surface area contributed by atoms with Crippen LogP contribution in [-0.2, 0) is 0 Å². The first-order valence-corrected chi connectivity index (χ1v) is 12.8. The molecule has 0 spiro atoms. The van der Waals surface area contributed by atoms with E-state index in [2.05, 4.69) is 37.4 Å². The molecule has 2 aromatic heterocycles. The van der Waals surface area contributed by atoms with Crippen LogP contribution in [-0.4, -0.2) is 61.1 Å². The van der Waals surface area contributed by atoms with Crippen molar-refractivity contribution in [3.63, 3.8) is 0 Å².